The highest BCUT2D eigenvalue weighted by molar-refractivity contribution is 7.89. The van der Waals surface area contributed by atoms with Gasteiger partial charge in [-0.3, -0.25) is 4.79 Å². The van der Waals surface area contributed by atoms with E-state index in [9.17, 15) is 13.2 Å². The fourth-order valence-corrected chi connectivity index (χ4v) is 2.22. The van der Waals surface area contributed by atoms with Gasteiger partial charge in [-0.2, -0.15) is 0 Å². The summed E-state index contributed by atoms with van der Waals surface area (Å²) in [4.78, 5) is 11.4. The van der Waals surface area contributed by atoms with E-state index in [1.54, 1.807) is 0 Å². The van der Waals surface area contributed by atoms with Crippen molar-refractivity contribution in [3.63, 3.8) is 0 Å². The Balaban J connectivity index is 2.92. The highest BCUT2D eigenvalue weighted by atomic mass is 32.2. The summed E-state index contributed by atoms with van der Waals surface area (Å²) in [7, 11) is -2.50. The van der Waals surface area contributed by atoms with E-state index < -0.39 is 10.0 Å². The summed E-state index contributed by atoms with van der Waals surface area (Å²) in [6.07, 6.45) is 2.16. The Morgan fingerprint density at radius 2 is 2.11 bits per heavy atom. The number of amides is 1. The summed E-state index contributed by atoms with van der Waals surface area (Å²) in [6, 6.07) is 4.22. The fourth-order valence-electron chi connectivity index (χ4n) is 1.54. The summed E-state index contributed by atoms with van der Waals surface area (Å²) < 4.78 is 27.6. The molecule has 3 N–H and O–H groups in total. The zero-order valence-corrected chi connectivity index (χ0v) is 11.8. The van der Waals surface area contributed by atoms with Gasteiger partial charge in [-0.05, 0) is 18.6 Å². The monoisotopic (exact) mass is 286 g/mol. The van der Waals surface area contributed by atoms with Crippen LogP contribution in [0.15, 0.2) is 23.1 Å². The van der Waals surface area contributed by atoms with E-state index in [0.29, 0.717) is 12.1 Å². The lowest BCUT2D eigenvalue weighted by Crippen LogP contribution is -2.15. The molecule has 0 heterocycles. The van der Waals surface area contributed by atoms with Gasteiger partial charge in [0.1, 0.15) is 10.6 Å². The number of nitrogens with two attached hydrogens (primary N) is 1. The maximum absolute atomic E-state index is 11.6. The minimum absolute atomic E-state index is 0.107. The van der Waals surface area contributed by atoms with E-state index >= 15 is 0 Å². The second-order valence-electron chi connectivity index (χ2n) is 4.06. The van der Waals surface area contributed by atoms with Gasteiger partial charge in [0.25, 0.3) is 0 Å². The minimum atomic E-state index is -3.84. The largest absolute Gasteiger partial charge is 0.495 e. The van der Waals surface area contributed by atoms with E-state index in [1.165, 1.54) is 25.3 Å². The number of benzene rings is 1. The Bertz CT molecular complexity index is 555. The van der Waals surface area contributed by atoms with Gasteiger partial charge in [0.05, 0.1) is 7.11 Å². The standard InChI is InChI=1S/C12H18N2O4S/c1-3-4-5-12(15)14-9-6-7-11(19(13,16)17)10(8-9)18-2/h6-8H,3-5H2,1-2H3,(H,14,15)(H2,13,16,17). The molecule has 0 aliphatic heterocycles. The molecule has 0 saturated heterocycles. The Kier molecular flexibility index (Phi) is 5.31. The maximum Gasteiger partial charge on any atom is 0.241 e. The number of unbranched alkanes of at least 4 members (excludes halogenated alkanes) is 1. The molecular weight excluding hydrogens is 268 g/mol. The molecule has 0 radical (unpaired) electrons. The van der Waals surface area contributed by atoms with Gasteiger partial charge < -0.3 is 10.1 Å². The molecule has 19 heavy (non-hydrogen) atoms. The molecule has 0 aromatic heterocycles. The molecule has 0 atom stereocenters. The first-order chi connectivity index (χ1) is 8.88. The fraction of sp³-hybridized carbons (Fsp3) is 0.417. The number of carbonyl (C=O) groups is 1. The van der Waals surface area contributed by atoms with Crippen LogP contribution in [0.4, 0.5) is 5.69 Å². The number of hydrogen-bond donors (Lipinski definition) is 2. The minimum Gasteiger partial charge on any atom is -0.495 e. The second kappa shape index (κ2) is 6.53. The van der Waals surface area contributed by atoms with Crippen LogP contribution in [-0.4, -0.2) is 21.4 Å². The molecule has 1 aromatic carbocycles. The van der Waals surface area contributed by atoms with Gasteiger partial charge in [0.2, 0.25) is 15.9 Å². The third-order valence-electron chi connectivity index (χ3n) is 2.51. The van der Waals surface area contributed by atoms with Crippen LogP contribution in [0.5, 0.6) is 5.75 Å². The number of methoxy groups -OCH3 is 1. The molecule has 1 rings (SSSR count). The zero-order chi connectivity index (χ0) is 14.5. The molecule has 0 saturated carbocycles. The summed E-state index contributed by atoms with van der Waals surface area (Å²) in [5, 5.41) is 7.73. The zero-order valence-electron chi connectivity index (χ0n) is 11.0. The summed E-state index contributed by atoms with van der Waals surface area (Å²) >= 11 is 0. The maximum atomic E-state index is 11.6. The highest BCUT2D eigenvalue weighted by Crippen LogP contribution is 2.26. The van der Waals surface area contributed by atoms with Crippen molar-refractivity contribution in [2.75, 3.05) is 12.4 Å². The molecule has 0 aliphatic carbocycles. The van der Waals surface area contributed by atoms with Gasteiger partial charge in [0, 0.05) is 18.2 Å². The third kappa shape index (κ3) is 4.53. The number of carbonyl (C=O) groups excluding carboxylic acids is 1. The lowest BCUT2D eigenvalue weighted by molar-refractivity contribution is -0.116. The van der Waals surface area contributed by atoms with Crippen LogP contribution in [-0.2, 0) is 14.8 Å². The number of primary sulfonamides is 1. The van der Waals surface area contributed by atoms with Crippen molar-refractivity contribution in [1.82, 2.24) is 0 Å². The summed E-state index contributed by atoms with van der Waals surface area (Å²) in [5.74, 6) is -0.0111. The molecule has 0 spiro atoms. The molecule has 0 bridgehead atoms. The molecule has 0 unspecified atom stereocenters. The van der Waals surface area contributed by atoms with Crippen LogP contribution in [0, 0.1) is 0 Å². The van der Waals surface area contributed by atoms with Crippen LogP contribution in [0.3, 0.4) is 0 Å². The SMILES string of the molecule is CCCCC(=O)Nc1ccc(S(N)(=O)=O)c(OC)c1. The molecule has 6 nitrogen and oxygen atoms in total. The molecule has 1 amide bonds. The Hall–Kier alpha value is -1.60. The van der Waals surface area contributed by atoms with Crippen molar-refractivity contribution in [3.05, 3.63) is 18.2 Å². The van der Waals surface area contributed by atoms with Crippen molar-refractivity contribution < 1.29 is 17.9 Å². The number of anilines is 1. The van der Waals surface area contributed by atoms with Crippen molar-refractivity contribution in [2.45, 2.75) is 31.1 Å². The number of hydrogen-bond acceptors (Lipinski definition) is 4. The van der Waals surface area contributed by atoms with Gasteiger partial charge in [-0.1, -0.05) is 13.3 Å². The Labute approximate surface area is 113 Å². The van der Waals surface area contributed by atoms with Crippen molar-refractivity contribution >= 4 is 21.6 Å². The predicted molar refractivity (Wildman–Crippen MR) is 72.5 cm³/mol. The molecule has 0 fully saturated rings. The van der Waals surface area contributed by atoms with E-state index in [2.05, 4.69) is 5.32 Å². The summed E-state index contributed by atoms with van der Waals surface area (Å²) in [6.45, 7) is 2.00. The van der Waals surface area contributed by atoms with Gasteiger partial charge in [-0.15, -0.1) is 0 Å². The van der Waals surface area contributed by atoms with E-state index in [-0.39, 0.29) is 16.6 Å². The topological polar surface area (TPSA) is 98.5 Å². The number of rotatable bonds is 6. The molecule has 0 aliphatic rings. The average molecular weight is 286 g/mol. The molecule has 1 aromatic rings. The smallest absolute Gasteiger partial charge is 0.241 e. The first-order valence-electron chi connectivity index (χ1n) is 5.89. The van der Waals surface area contributed by atoms with E-state index in [0.717, 1.165) is 12.8 Å². The first-order valence-corrected chi connectivity index (χ1v) is 7.43. The van der Waals surface area contributed by atoms with Crippen LogP contribution in [0.1, 0.15) is 26.2 Å². The van der Waals surface area contributed by atoms with Crippen molar-refractivity contribution in [1.29, 1.82) is 0 Å². The van der Waals surface area contributed by atoms with Crippen LogP contribution in [0.2, 0.25) is 0 Å². The summed E-state index contributed by atoms with van der Waals surface area (Å²) in [5.41, 5.74) is 0.477. The van der Waals surface area contributed by atoms with Gasteiger partial charge >= 0.3 is 0 Å². The van der Waals surface area contributed by atoms with E-state index in [4.69, 9.17) is 9.88 Å². The molecule has 7 heteroatoms. The predicted octanol–water partition coefficient (Wildman–Crippen LogP) is 1.47. The number of nitrogens with one attached hydrogen (secondary N) is 1. The molecule has 106 valence electrons. The number of sulfonamides is 1. The third-order valence-corrected chi connectivity index (χ3v) is 3.46. The first kappa shape index (κ1) is 15.5. The molecular formula is C12H18N2O4S. The van der Waals surface area contributed by atoms with Crippen LogP contribution >= 0.6 is 0 Å². The Morgan fingerprint density at radius 1 is 1.42 bits per heavy atom. The lowest BCUT2D eigenvalue weighted by Gasteiger charge is -2.10. The van der Waals surface area contributed by atoms with Crippen molar-refractivity contribution in [2.24, 2.45) is 5.14 Å². The van der Waals surface area contributed by atoms with Gasteiger partial charge in [0.15, 0.2) is 0 Å². The number of ether oxygens (including phenoxy) is 1. The van der Waals surface area contributed by atoms with Crippen molar-refractivity contribution in [3.8, 4) is 5.75 Å². The Morgan fingerprint density at radius 3 is 2.63 bits per heavy atom. The second-order valence-corrected chi connectivity index (χ2v) is 5.59. The average Bonchev–Trinajstić information content (AvgIpc) is 2.34. The van der Waals surface area contributed by atoms with Crippen LogP contribution < -0.4 is 15.2 Å². The highest BCUT2D eigenvalue weighted by Gasteiger charge is 2.15. The van der Waals surface area contributed by atoms with Crippen LogP contribution in [0.25, 0.3) is 0 Å². The lowest BCUT2D eigenvalue weighted by atomic mass is 10.2. The van der Waals surface area contributed by atoms with Gasteiger partial charge in [-0.25, -0.2) is 13.6 Å². The quantitative estimate of drug-likeness (QED) is 0.827. The normalized spacial score (nSPS) is 11.1. The van der Waals surface area contributed by atoms with E-state index in [1.807, 2.05) is 6.92 Å².